The number of hydrogen-bond donors (Lipinski definition) is 3. The Morgan fingerprint density at radius 3 is 2.71 bits per heavy atom. The van der Waals surface area contributed by atoms with Gasteiger partial charge in [0.1, 0.15) is 11.5 Å². The molecule has 1 heterocycles. The molecular formula is C16H22N2O3. The maximum atomic E-state index is 12.7. The van der Waals surface area contributed by atoms with Crippen LogP contribution in [0.2, 0.25) is 0 Å². The van der Waals surface area contributed by atoms with E-state index in [1.807, 2.05) is 4.90 Å². The molecule has 1 amide bonds. The third-order valence-electron chi connectivity index (χ3n) is 4.28. The largest absolute Gasteiger partial charge is 0.508 e. The van der Waals surface area contributed by atoms with Crippen molar-refractivity contribution in [3.05, 3.63) is 23.8 Å². The molecule has 1 aliphatic carbocycles. The van der Waals surface area contributed by atoms with Crippen molar-refractivity contribution in [2.24, 2.45) is 5.92 Å². The minimum absolute atomic E-state index is 0.00140. The number of phenols is 2. The summed E-state index contributed by atoms with van der Waals surface area (Å²) < 4.78 is 0. The van der Waals surface area contributed by atoms with Crippen LogP contribution in [0.15, 0.2) is 18.2 Å². The summed E-state index contributed by atoms with van der Waals surface area (Å²) in [6.45, 7) is 2.42. The number of carbonyl (C=O) groups is 1. The van der Waals surface area contributed by atoms with Gasteiger partial charge in [0, 0.05) is 19.1 Å². The summed E-state index contributed by atoms with van der Waals surface area (Å²) in [7, 11) is 0. The second-order valence-electron chi connectivity index (χ2n) is 6.15. The summed E-state index contributed by atoms with van der Waals surface area (Å²) in [6, 6.07) is 4.44. The second kappa shape index (κ2) is 5.93. The number of aromatic hydroxyl groups is 2. The summed E-state index contributed by atoms with van der Waals surface area (Å²) in [5.41, 5.74) is 0.189. The fourth-order valence-corrected chi connectivity index (χ4v) is 2.90. The molecule has 2 fully saturated rings. The minimum atomic E-state index is -0.191. The SMILES string of the molecule is O=C(c1cc(O)ccc1O)N(CC1CC1)CC1CCCN1. The van der Waals surface area contributed by atoms with Crippen LogP contribution in [0.25, 0.3) is 0 Å². The van der Waals surface area contributed by atoms with Crippen molar-refractivity contribution in [2.45, 2.75) is 31.7 Å². The smallest absolute Gasteiger partial charge is 0.257 e. The Hall–Kier alpha value is -1.75. The molecule has 0 aromatic heterocycles. The fraction of sp³-hybridized carbons (Fsp3) is 0.562. The zero-order chi connectivity index (χ0) is 14.8. The molecule has 0 bridgehead atoms. The fourth-order valence-electron chi connectivity index (χ4n) is 2.90. The van der Waals surface area contributed by atoms with Gasteiger partial charge in [-0.1, -0.05) is 0 Å². The molecule has 1 aromatic rings. The number of amides is 1. The predicted octanol–water partition coefficient (Wildman–Crippen LogP) is 1.70. The molecule has 1 saturated heterocycles. The Balaban J connectivity index is 1.76. The average Bonchev–Trinajstić information content (AvgIpc) is 3.13. The Morgan fingerprint density at radius 2 is 2.05 bits per heavy atom. The third kappa shape index (κ3) is 3.47. The summed E-state index contributed by atoms with van der Waals surface area (Å²) in [4.78, 5) is 14.5. The molecule has 1 atom stereocenters. The van der Waals surface area contributed by atoms with E-state index in [1.54, 1.807) is 0 Å². The second-order valence-corrected chi connectivity index (χ2v) is 6.15. The van der Waals surface area contributed by atoms with Crippen molar-refractivity contribution in [3.63, 3.8) is 0 Å². The number of benzene rings is 1. The average molecular weight is 290 g/mol. The van der Waals surface area contributed by atoms with Crippen molar-refractivity contribution in [3.8, 4) is 11.5 Å². The molecule has 0 spiro atoms. The van der Waals surface area contributed by atoms with Crippen LogP contribution in [0.4, 0.5) is 0 Å². The Morgan fingerprint density at radius 1 is 1.24 bits per heavy atom. The monoisotopic (exact) mass is 290 g/mol. The lowest BCUT2D eigenvalue weighted by Gasteiger charge is -2.26. The van der Waals surface area contributed by atoms with E-state index in [9.17, 15) is 15.0 Å². The first kappa shape index (κ1) is 14.2. The number of hydrogen-bond acceptors (Lipinski definition) is 4. The van der Waals surface area contributed by atoms with Gasteiger partial charge in [-0.25, -0.2) is 0 Å². The van der Waals surface area contributed by atoms with Crippen LogP contribution in [0.3, 0.4) is 0 Å². The lowest BCUT2D eigenvalue weighted by atomic mass is 10.1. The van der Waals surface area contributed by atoms with E-state index in [4.69, 9.17) is 0 Å². The van der Waals surface area contributed by atoms with E-state index in [2.05, 4.69) is 5.32 Å². The quantitative estimate of drug-likeness (QED) is 0.722. The van der Waals surface area contributed by atoms with Crippen LogP contribution in [0, 0.1) is 5.92 Å². The van der Waals surface area contributed by atoms with Crippen LogP contribution in [0.1, 0.15) is 36.0 Å². The predicted molar refractivity (Wildman–Crippen MR) is 79.4 cm³/mol. The van der Waals surface area contributed by atoms with Gasteiger partial charge in [-0.3, -0.25) is 4.79 Å². The zero-order valence-electron chi connectivity index (χ0n) is 12.1. The van der Waals surface area contributed by atoms with Crippen LogP contribution >= 0.6 is 0 Å². The van der Waals surface area contributed by atoms with E-state index in [-0.39, 0.29) is 23.0 Å². The highest BCUT2D eigenvalue weighted by atomic mass is 16.3. The molecule has 1 saturated carbocycles. The normalized spacial score (nSPS) is 21.4. The number of nitrogens with zero attached hydrogens (tertiary/aromatic N) is 1. The summed E-state index contributed by atoms with van der Waals surface area (Å²) in [5, 5.41) is 22.9. The first-order chi connectivity index (χ1) is 10.1. The van der Waals surface area contributed by atoms with E-state index in [0.717, 1.165) is 25.9 Å². The highest BCUT2D eigenvalue weighted by Crippen LogP contribution is 2.31. The topological polar surface area (TPSA) is 72.8 Å². The molecule has 1 unspecified atom stereocenters. The Labute approximate surface area is 124 Å². The highest BCUT2D eigenvalue weighted by Gasteiger charge is 2.30. The van der Waals surface area contributed by atoms with E-state index in [0.29, 0.717) is 18.5 Å². The maximum absolute atomic E-state index is 12.7. The lowest BCUT2D eigenvalue weighted by Crippen LogP contribution is -2.42. The van der Waals surface area contributed by atoms with Gasteiger partial charge < -0.3 is 20.4 Å². The Kier molecular flexibility index (Phi) is 4.01. The third-order valence-corrected chi connectivity index (χ3v) is 4.28. The standard InChI is InChI=1S/C16H22N2O3/c19-13-5-6-15(20)14(8-13)16(21)18(9-11-3-4-11)10-12-2-1-7-17-12/h5-6,8,11-12,17,19-20H,1-4,7,9-10H2. The molecule has 3 rings (SSSR count). The Bertz CT molecular complexity index is 522. The molecule has 21 heavy (non-hydrogen) atoms. The van der Waals surface area contributed by atoms with Crippen molar-refractivity contribution in [1.82, 2.24) is 10.2 Å². The molecule has 2 aliphatic rings. The summed E-state index contributed by atoms with van der Waals surface area (Å²) >= 11 is 0. The van der Waals surface area contributed by atoms with Crippen molar-refractivity contribution in [2.75, 3.05) is 19.6 Å². The molecule has 5 heteroatoms. The van der Waals surface area contributed by atoms with Gasteiger partial charge in [0.2, 0.25) is 0 Å². The minimum Gasteiger partial charge on any atom is -0.508 e. The first-order valence-electron chi connectivity index (χ1n) is 7.68. The number of rotatable bonds is 5. The van der Waals surface area contributed by atoms with Crippen LogP contribution in [-0.4, -0.2) is 46.7 Å². The number of phenolic OH excluding ortho intramolecular Hbond substituents is 2. The van der Waals surface area contributed by atoms with Gasteiger partial charge in [-0.05, 0) is 56.3 Å². The number of nitrogens with one attached hydrogen (secondary N) is 1. The highest BCUT2D eigenvalue weighted by molar-refractivity contribution is 5.97. The molecule has 5 nitrogen and oxygen atoms in total. The first-order valence-corrected chi connectivity index (χ1v) is 7.68. The van der Waals surface area contributed by atoms with Gasteiger partial charge in [0.05, 0.1) is 5.56 Å². The van der Waals surface area contributed by atoms with Gasteiger partial charge in [-0.2, -0.15) is 0 Å². The maximum Gasteiger partial charge on any atom is 0.257 e. The zero-order valence-corrected chi connectivity index (χ0v) is 12.1. The van der Waals surface area contributed by atoms with Crippen molar-refractivity contribution < 1.29 is 15.0 Å². The summed E-state index contributed by atoms with van der Waals surface area (Å²) in [5.74, 6) is 0.332. The van der Waals surface area contributed by atoms with Gasteiger partial charge >= 0.3 is 0 Å². The van der Waals surface area contributed by atoms with Gasteiger partial charge in [-0.15, -0.1) is 0 Å². The van der Waals surface area contributed by atoms with E-state index < -0.39 is 0 Å². The lowest BCUT2D eigenvalue weighted by molar-refractivity contribution is 0.0730. The van der Waals surface area contributed by atoms with E-state index >= 15 is 0 Å². The van der Waals surface area contributed by atoms with Crippen molar-refractivity contribution >= 4 is 5.91 Å². The molecule has 1 aliphatic heterocycles. The van der Waals surface area contributed by atoms with E-state index in [1.165, 1.54) is 31.0 Å². The molecule has 114 valence electrons. The van der Waals surface area contributed by atoms with Crippen LogP contribution in [-0.2, 0) is 0 Å². The summed E-state index contributed by atoms with van der Waals surface area (Å²) in [6.07, 6.45) is 4.58. The van der Waals surface area contributed by atoms with Gasteiger partial charge in [0.15, 0.2) is 0 Å². The number of carbonyl (C=O) groups excluding carboxylic acids is 1. The molecule has 1 aromatic carbocycles. The molecule has 3 N–H and O–H groups in total. The van der Waals surface area contributed by atoms with Gasteiger partial charge in [0.25, 0.3) is 5.91 Å². The molecular weight excluding hydrogens is 268 g/mol. The van der Waals surface area contributed by atoms with Crippen LogP contribution in [0.5, 0.6) is 11.5 Å². The van der Waals surface area contributed by atoms with Crippen molar-refractivity contribution in [1.29, 1.82) is 0 Å². The van der Waals surface area contributed by atoms with Crippen LogP contribution < -0.4 is 5.32 Å². The molecule has 0 radical (unpaired) electrons.